The number of hydroxylamine groups is 2. The van der Waals surface area contributed by atoms with Crippen LogP contribution >= 0.6 is 0 Å². The van der Waals surface area contributed by atoms with Gasteiger partial charge in [0.25, 0.3) is 0 Å². The molecular weight excluding hydrogens is 238 g/mol. The molecule has 0 atom stereocenters. The molecule has 0 aromatic rings. The molecule has 0 unspecified atom stereocenters. The van der Waals surface area contributed by atoms with Crippen LogP contribution in [0.2, 0.25) is 0 Å². The molecule has 1 aliphatic heterocycles. The summed E-state index contributed by atoms with van der Waals surface area (Å²) in [5, 5.41) is 11.6. The van der Waals surface area contributed by atoms with Gasteiger partial charge in [0.05, 0.1) is 6.10 Å². The summed E-state index contributed by atoms with van der Waals surface area (Å²) in [4.78, 5) is 0. The summed E-state index contributed by atoms with van der Waals surface area (Å²) in [6, 6.07) is 0. The Morgan fingerprint density at radius 3 is 1.84 bits per heavy atom. The molecule has 0 spiro atoms. The maximum absolute atomic E-state index is 10.1. The number of piperidine rings is 1. The fourth-order valence-electron chi connectivity index (χ4n) is 2.69. The van der Waals surface area contributed by atoms with Crippen LogP contribution in [0.25, 0.3) is 0 Å². The topological polar surface area (TPSA) is 32.7 Å². The normalized spacial score (nSPS) is 22.7. The van der Waals surface area contributed by atoms with E-state index in [-0.39, 0.29) is 17.2 Å². The number of hydrogen-bond acceptors (Lipinski definition) is 3. The number of rotatable bonds is 4. The van der Waals surface area contributed by atoms with E-state index in [1.165, 1.54) is 17.9 Å². The van der Waals surface area contributed by atoms with Crippen LogP contribution in [0.1, 0.15) is 80.6 Å². The van der Waals surface area contributed by atoms with Crippen LogP contribution in [0.4, 0.5) is 0 Å². The van der Waals surface area contributed by atoms with Crippen LogP contribution in [0, 0.1) is 0 Å². The van der Waals surface area contributed by atoms with E-state index in [9.17, 15) is 5.21 Å². The van der Waals surface area contributed by atoms with E-state index in [1.807, 2.05) is 0 Å². The largest absolute Gasteiger partial charge is 0.378 e. The molecule has 1 aliphatic rings. The van der Waals surface area contributed by atoms with Crippen LogP contribution in [0.5, 0.6) is 0 Å². The lowest BCUT2D eigenvalue weighted by Crippen LogP contribution is -2.60. The average Bonchev–Trinajstić information content (AvgIpc) is 2.26. The van der Waals surface area contributed by atoms with E-state index in [4.69, 9.17) is 4.74 Å². The van der Waals surface area contributed by atoms with Crippen LogP contribution in [-0.4, -0.2) is 34.1 Å². The molecule has 1 saturated heterocycles. The van der Waals surface area contributed by atoms with Crippen molar-refractivity contribution in [3.05, 3.63) is 0 Å². The second kappa shape index (κ2) is 8.23. The van der Waals surface area contributed by atoms with Crippen molar-refractivity contribution < 1.29 is 9.94 Å². The van der Waals surface area contributed by atoms with Gasteiger partial charge >= 0.3 is 0 Å². The molecule has 116 valence electrons. The maximum Gasteiger partial charge on any atom is 0.0611 e. The van der Waals surface area contributed by atoms with Gasteiger partial charge in [0, 0.05) is 17.7 Å². The zero-order chi connectivity index (χ0) is 15.1. The summed E-state index contributed by atoms with van der Waals surface area (Å²) in [5.74, 6) is 0. The maximum atomic E-state index is 10.1. The zero-order valence-corrected chi connectivity index (χ0v) is 14.1. The fraction of sp³-hybridized carbons (Fsp3) is 1.00. The van der Waals surface area contributed by atoms with Gasteiger partial charge in [0.2, 0.25) is 0 Å². The molecule has 0 radical (unpaired) electrons. The van der Waals surface area contributed by atoms with Gasteiger partial charge in [0.1, 0.15) is 0 Å². The number of unbranched alkanes of at least 4 members (excludes halogenated alkanes) is 1. The van der Waals surface area contributed by atoms with Crippen LogP contribution < -0.4 is 0 Å². The Morgan fingerprint density at radius 1 is 1.05 bits per heavy atom. The highest BCUT2D eigenvalue weighted by molar-refractivity contribution is 4.96. The van der Waals surface area contributed by atoms with Gasteiger partial charge in [-0.05, 0) is 47.0 Å². The van der Waals surface area contributed by atoms with Crippen molar-refractivity contribution in [1.29, 1.82) is 0 Å². The molecule has 0 aliphatic carbocycles. The molecule has 3 nitrogen and oxygen atoms in total. The van der Waals surface area contributed by atoms with E-state index in [1.54, 1.807) is 0 Å². The van der Waals surface area contributed by atoms with Gasteiger partial charge < -0.3 is 9.94 Å². The number of hydrogen-bond donors (Lipinski definition) is 1. The molecule has 0 amide bonds. The Hall–Kier alpha value is -0.120. The van der Waals surface area contributed by atoms with Gasteiger partial charge in [-0.1, -0.05) is 33.6 Å². The van der Waals surface area contributed by atoms with E-state index in [0.29, 0.717) is 0 Å². The van der Waals surface area contributed by atoms with Gasteiger partial charge in [-0.3, -0.25) is 0 Å². The summed E-state index contributed by atoms with van der Waals surface area (Å²) >= 11 is 0. The summed E-state index contributed by atoms with van der Waals surface area (Å²) in [6.07, 6.45) is 5.62. The van der Waals surface area contributed by atoms with Crippen molar-refractivity contribution >= 4 is 0 Å². The monoisotopic (exact) mass is 273 g/mol. The summed E-state index contributed by atoms with van der Waals surface area (Å²) in [7, 11) is 0. The highest BCUT2D eigenvalue weighted by Gasteiger charge is 2.45. The van der Waals surface area contributed by atoms with Crippen molar-refractivity contribution in [1.82, 2.24) is 5.06 Å². The molecule has 3 heteroatoms. The second-order valence-electron chi connectivity index (χ2n) is 6.90. The van der Waals surface area contributed by atoms with Crippen molar-refractivity contribution in [2.45, 2.75) is 97.8 Å². The summed E-state index contributed by atoms with van der Waals surface area (Å²) in [6.45, 7) is 15.6. The van der Waals surface area contributed by atoms with Crippen molar-refractivity contribution in [2.24, 2.45) is 0 Å². The lowest BCUT2D eigenvalue weighted by molar-refractivity contribution is -0.261. The van der Waals surface area contributed by atoms with Crippen LogP contribution in [-0.2, 0) is 4.74 Å². The SMILES string of the molecule is CCC.CCCCOC1CC(C)(C)N(O)C(C)(C)C1. The van der Waals surface area contributed by atoms with Crippen LogP contribution in [0.3, 0.4) is 0 Å². The Bertz CT molecular complexity index is 221. The predicted octanol–water partition coefficient (Wildman–Crippen LogP) is 4.63. The van der Waals surface area contributed by atoms with Gasteiger partial charge in [-0.25, -0.2) is 0 Å². The third-order valence-electron chi connectivity index (χ3n) is 3.45. The highest BCUT2D eigenvalue weighted by Crippen LogP contribution is 2.37. The molecule has 19 heavy (non-hydrogen) atoms. The first-order valence-electron chi connectivity index (χ1n) is 7.82. The van der Waals surface area contributed by atoms with Crippen molar-refractivity contribution in [2.75, 3.05) is 6.61 Å². The molecule has 0 bridgehead atoms. The average molecular weight is 273 g/mol. The molecule has 1 rings (SSSR count). The quantitative estimate of drug-likeness (QED) is 0.758. The fourth-order valence-corrected chi connectivity index (χ4v) is 2.69. The molecule has 1 heterocycles. The molecular formula is C16H35NO2. The Balaban J connectivity index is 0.000000982. The predicted molar refractivity (Wildman–Crippen MR) is 81.6 cm³/mol. The second-order valence-corrected chi connectivity index (χ2v) is 6.90. The first-order valence-corrected chi connectivity index (χ1v) is 7.82. The van der Waals surface area contributed by atoms with Gasteiger partial charge in [0.15, 0.2) is 0 Å². The van der Waals surface area contributed by atoms with Gasteiger partial charge in [-0.2, -0.15) is 5.06 Å². The third-order valence-corrected chi connectivity index (χ3v) is 3.45. The summed E-state index contributed by atoms with van der Waals surface area (Å²) in [5.41, 5.74) is -0.392. The Kier molecular flexibility index (Phi) is 8.18. The minimum atomic E-state index is -0.196. The smallest absolute Gasteiger partial charge is 0.0611 e. The van der Waals surface area contributed by atoms with Crippen LogP contribution in [0.15, 0.2) is 0 Å². The van der Waals surface area contributed by atoms with Crippen molar-refractivity contribution in [3.8, 4) is 0 Å². The first kappa shape index (κ1) is 18.9. The lowest BCUT2D eigenvalue weighted by Gasteiger charge is -2.51. The molecule has 0 aromatic carbocycles. The minimum absolute atomic E-state index is 0.196. The van der Waals surface area contributed by atoms with Crippen molar-refractivity contribution in [3.63, 3.8) is 0 Å². The number of nitrogens with zero attached hydrogens (tertiary/aromatic N) is 1. The highest BCUT2D eigenvalue weighted by atomic mass is 16.5. The van der Waals surface area contributed by atoms with Gasteiger partial charge in [-0.15, -0.1) is 0 Å². The molecule has 0 aromatic heterocycles. The molecule has 1 N–H and O–H groups in total. The first-order chi connectivity index (χ1) is 8.71. The minimum Gasteiger partial charge on any atom is -0.378 e. The molecule has 1 fully saturated rings. The van der Waals surface area contributed by atoms with E-state index >= 15 is 0 Å². The zero-order valence-electron chi connectivity index (χ0n) is 14.1. The van der Waals surface area contributed by atoms with E-state index in [2.05, 4.69) is 48.5 Å². The van der Waals surface area contributed by atoms with E-state index < -0.39 is 0 Å². The molecule has 0 saturated carbocycles. The number of ether oxygens (including phenoxy) is 1. The summed E-state index contributed by atoms with van der Waals surface area (Å²) < 4.78 is 5.91. The third kappa shape index (κ3) is 6.24. The van der Waals surface area contributed by atoms with E-state index in [0.717, 1.165) is 25.9 Å². The standard InChI is InChI=1S/C13H27NO2.C3H8/c1-6-7-8-16-11-9-12(2,3)14(15)13(4,5)10-11;1-3-2/h11,15H,6-10H2,1-5H3;3H2,1-2H3. The Morgan fingerprint density at radius 2 is 1.47 bits per heavy atom. The Labute approximate surface area is 120 Å². The lowest BCUT2D eigenvalue weighted by atomic mass is 9.80.